The lowest BCUT2D eigenvalue weighted by Crippen LogP contribution is -2.41. The van der Waals surface area contributed by atoms with E-state index in [1.165, 1.54) is 0 Å². The average Bonchev–Trinajstić information content (AvgIpc) is 2.26. The third kappa shape index (κ3) is 7.99. The van der Waals surface area contributed by atoms with E-state index in [2.05, 4.69) is 43.1 Å². The summed E-state index contributed by atoms with van der Waals surface area (Å²) in [6, 6.07) is 1.16. The molecule has 17 heavy (non-hydrogen) atoms. The highest BCUT2D eigenvalue weighted by Crippen LogP contribution is 2.03. The summed E-state index contributed by atoms with van der Waals surface area (Å²) in [5.41, 5.74) is 5.38. The molecule has 0 aliphatic carbocycles. The Bertz CT molecular complexity index is 209. The van der Waals surface area contributed by atoms with Crippen molar-refractivity contribution in [2.24, 2.45) is 10.9 Å². The lowest BCUT2D eigenvalue weighted by Gasteiger charge is -2.30. The van der Waals surface area contributed by atoms with Gasteiger partial charge in [-0.3, -0.25) is 4.90 Å². The Labute approximate surface area is 105 Å². The van der Waals surface area contributed by atoms with E-state index in [0.717, 1.165) is 26.1 Å². The van der Waals surface area contributed by atoms with Crippen LogP contribution in [-0.2, 0) is 0 Å². The first-order valence-electron chi connectivity index (χ1n) is 6.41. The van der Waals surface area contributed by atoms with Crippen LogP contribution in [0.4, 0.5) is 0 Å². The number of hydrogen-bond acceptors (Lipinski definition) is 4. The molecule has 0 spiro atoms. The van der Waals surface area contributed by atoms with Crippen molar-refractivity contribution in [2.45, 2.75) is 52.6 Å². The van der Waals surface area contributed by atoms with E-state index in [4.69, 9.17) is 10.9 Å². The van der Waals surface area contributed by atoms with Gasteiger partial charge >= 0.3 is 0 Å². The minimum atomic E-state index is 0.304. The molecule has 102 valence electrons. The monoisotopic (exact) mass is 244 g/mol. The molecule has 0 bridgehead atoms. The Hall–Kier alpha value is -0.810. The SMILES string of the molecule is CC(C)N(CCNCCCC(N)=NO)C(C)C. The number of nitrogens with two attached hydrogens (primary N) is 1. The largest absolute Gasteiger partial charge is 0.409 e. The first-order valence-corrected chi connectivity index (χ1v) is 6.41. The smallest absolute Gasteiger partial charge is 0.139 e. The third-order valence-electron chi connectivity index (χ3n) is 2.79. The van der Waals surface area contributed by atoms with E-state index in [1.54, 1.807) is 0 Å². The molecule has 5 nitrogen and oxygen atoms in total. The van der Waals surface area contributed by atoms with Crippen molar-refractivity contribution in [1.82, 2.24) is 10.2 Å². The molecule has 0 aromatic rings. The number of amidine groups is 1. The molecule has 0 saturated carbocycles. The summed E-state index contributed by atoms with van der Waals surface area (Å²) in [4.78, 5) is 2.45. The number of nitrogens with one attached hydrogen (secondary N) is 1. The minimum Gasteiger partial charge on any atom is -0.409 e. The van der Waals surface area contributed by atoms with Crippen LogP contribution in [0.2, 0.25) is 0 Å². The molecule has 0 heterocycles. The molecule has 0 aromatic carbocycles. The zero-order valence-corrected chi connectivity index (χ0v) is 11.6. The van der Waals surface area contributed by atoms with Crippen molar-refractivity contribution in [2.75, 3.05) is 19.6 Å². The predicted octanol–water partition coefficient (Wildman–Crippen LogP) is 1.22. The van der Waals surface area contributed by atoms with Gasteiger partial charge in [-0.05, 0) is 40.7 Å². The fourth-order valence-corrected chi connectivity index (χ4v) is 1.89. The Morgan fingerprint density at radius 3 is 2.29 bits per heavy atom. The molecule has 0 fully saturated rings. The molecule has 0 saturated heterocycles. The number of rotatable bonds is 9. The molecular formula is C12H28N4O. The number of hydrogen-bond donors (Lipinski definition) is 3. The van der Waals surface area contributed by atoms with Gasteiger partial charge in [0.15, 0.2) is 0 Å². The Morgan fingerprint density at radius 1 is 1.24 bits per heavy atom. The number of oxime groups is 1. The lowest BCUT2D eigenvalue weighted by molar-refractivity contribution is 0.176. The molecular weight excluding hydrogens is 216 g/mol. The summed E-state index contributed by atoms with van der Waals surface area (Å²) in [6.07, 6.45) is 1.54. The van der Waals surface area contributed by atoms with Crippen molar-refractivity contribution in [3.8, 4) is 0 Å². The zero-order chi connectivity index (χ0) is 13.3. The van der Waals surface area contributed by atoms with E-state index >= 15 is 0 Å². The third-order valence-corrected chi connectivity index (χ3v) is 2.79. The summed E-state index contributed by atoms with van der Waals surface area (Å²) in [5, 5.41) is 14.7. The quantitative estimate of drug-likeness (QED) is 0.187. The van der Waals surface area contributed by atoms with Crippen molar-refractivity contribution in [3.05, 3.63) is 0 Å². The highest BCUT2D eigenvalue weighted by Gasteiger charge is 2.11. The lowest BCUT2D eigenvalue weighted by atomic mass is 10.2. The van der Waals surface area contributed by atoms with Crippen molar-refractivity contribution >= 4 is 5.84 Å². The summed E-state index contributed by atoms with van der Waals surface area (Å²) < 4.78 is 0. The normalized spacial score (nSPS) is 13.0. The topological polar surface area (TPSA) is 73.9 Å². The molecule has 0 aliphatic heterocycles. The zero-order valence-electron chi connectivity index (χ0n) is 11.6. The average molecular weight is 244 g/mol. The van der Waals surface area contributed by atoms with E-state index in [-0.39, 0.29) is 0 Å². The molecule has 5 heteroatoms. The molecule has 0 aliphatic rings. The Morgan fingerprint density at radius 2 is 1.82 bits per heavy atom. The van der Waals surface area contributed by atoms with Crippen LogP contribution in [0.1, 0.15) is 40.5 Å². The maximum atomic E-state index is 8.37. The summed E-state index contributed by atoms with van der Waals surface area (Å²) in [6.45, 7) is 11.8. The van der Waals surface area contributed by atoms with Crippen LogP contribution in [0.25, 0.3) is 0 Å². The van der Waals surface area contributed by atoms with Gasteiger partial charge in [0.2, 0.25) is 0 Å². The van der Waals surface area contributed by atoms with E-state index < -0.39 is 0 Å². The standard InChI is InChI=1S/C12H28N4O/c1-10(2)16(11(3)4)9-8-14-7-5-6-12(13)15-17/h10-11,14,17H,5-9H2,1-4H3,(H2,13,15). The van der Waals surface area contributed by atoms with E-state index in [1.807, 2.05) is 0 Å². The number of nitrogens with zero attached hydrogens (tertiary/aromatic N) is 2. The molecule has 0 amide bonds. The van der Waals surface area contributed by atoms with Crippen LogP contribution in [-0.4, -0.2) is 47.7 Å². The van der Waals surface area contributed by atoms with Crippen molar-refractivity contribution in [1.29, 1.82) is 0 Å². The van der Waals surface area contributed by atoms with Gasteiger partial charge in [0.25, 0.3) is 0 Å². The molecule has 0 aromatic heterocycles. The first-order chi connectivity index (χ1) is 7.99. The molecule has 0 rings (SSSR count). The van der Waals surface area contributed by atoms with Gasteiger partial charge in [0.05, 0.1) is 0 Å². The van der Waals surface area contributed by atoms with Gasteiger partial charge in [-0.15, -0.1) is 0 Å². The van der Waals surface area contributed by atoms with Crippen LogP contribution < -0.4 is 11.1 Å². The maximum absolute atomic E-state index is 8.37. The van der Waals surface area contributed by atoms with E-state index in [9.17, 15) is 0 Å². The maximum Gasteiger partial charge on any atom is 0.139 e. The van der Waals surface area contributed by atoms with Crippen molar-refractivity contribution in [3.63, 3.8) is 0 Å². The molecule has 0 atom stereocenters. The van der Waals surface area contributed by atoms with Gasteiger partial charge < -0.3 is 16.3 Å². The van der Waals surface area contributed by atoms with Gasteiger partial charge in [0.1, 0.15) is 5.84 Å². The van der Waals surface area contributed by atoms with Crippen LogP contribution in [0.15, 0.2) is 5.16 Å². The van der Waals surface area contributed by atoms with Gasteiger partial charge in [-0.25, -0.2) is 0 Å². The Kier molecular flexibility index (Phi) is 8.80. The molecule has 0 radical (unpaired) electrons. The second kappa shape index (κ2) is 9.24. The summed E-state index contributed by atoms with van der Waals surface area (Å²) >= 11 is 0. The van der Waals surface area contributed by atoms with Crippen molar-refractivity contribution < 1.29 is 5.21 Å². The highest BCUT2D eigenvalue weighted by atomic mass is 16.4. The second-order valence-corrected chi connectivity index (χ2v) is 4.87. The van der Waals surface area contributed by atoms with Crippen LogP contribution >= 0.6 is 0 Å². The predicted molar refractivity (Wildman–Crippen MR) is 72.5 cm³/mol. The summed E-state index contributed by atoms with van der Waals surface area (Å²) in [7, 11) is 0. The van der Waals surface area contributed by atoms with Crippen LogP contribution in [0.5, 0.6) is 0 Å². The molecule has 0 unspecified atom stereocenters. The fourth-order valence-electron chi connectivity index (χ4n) is 1.89. The van der Waals surface area contributed by atoms with Crippen LogP contribution in [0.3, 0.4) is 0 Å². The van der Waals surface area contributed by atoms with Gasteiger partial charge in [-0.1, -0.05) is 5.16 Å². The summed E-state index contributed by atoms with van der Waals surface area (Å²) in [5.74, 6) is 0.304. The minimum absolute atomic E-state index is 0.304. The fraction of sp³-hybridized carbons (Fsp3) is 0.917. The first kappa shape index (κ1) is 16.2. The Balaban J connectivity index is 3.56. The van der Waals surface area contributed by atoms with Crippen LogP contribution in [0, 0.1) is 0 Å². The van der Waals surface area contributed by atoms with Gasteiger partial charge in [0, 0.05) is 31.6 Å². The highest BCUT2D eigenvalue weighted by molar-refractivity contribution is 5.79. The molecule has 4 N–H and O–H groups in total. The van der Waals surface area contributed by atoms with Gasteiger partial charge in [-0.2, -0.15) is 0 Å². The van der Waals surface area contributed by atoms with E-state index in [0.29, 0.717) is 24.3 Å². The second-order valence-electron chi connectivity index (χ2n) is 4.87.